The minimum Gasteiger partial charge on any atom is -0.228 e. The molecule has 5 heteroatoms. The van der Waals surface area contributed by atoms with Crippen LogP contribution in [-0.4, -0.2) is 9.97 Å². The van der Waals surface area contributed by atoms with Crippen molar-refractivity contribution in [2.75, 3.05) is 0 Å². The zero-order valence-corrected chi connectivity index (χ0v) is 12.6. The standard InChI is InChI=1S/C13H8BrClN2S/c1-7-5-18-6-10(7)13-16-11-3-2-8(14)4-9(11)12(15)17-13/h2-6H,1H3. The fraction of sp³-hybridized carbons (Fsp3) is 0.0769. The van der Waals surface area contributed by atoms with Gasteiger partial charge in [0.25, 0.3) is 0 Å². The number of aromatic nitrogens is 2. The Morgan fingerprint density at radius 3 is 2.78 bits per heavy atom. The van der Waals surface area contributed by atoms with Gasteiger partial charge >= 0.3 is 0 Å². The molecule has 2 aromatic heterocycles. The van der Waals surface area contributed by atoms with Crippen molar-refractivity contribution in [3.63, 3.8) is 0 Å². The molecule has 1 aromatic carbocycles. The number of fused-ring (bicyclic) bond motifs is 1. The van der Waals surface area contributed by atoms with Gasteiger partial charge in [-0.15, -0.1) is 0 Å². The summed E-state index contributed by atoms with van der Waals surface area (Å²) in [4.78, 5) is 8.96. The fourth-order valence-corrected chi connectivity index (χ4v) is 3.19. The van der Waals surface area contributed by atoms with Crippen LogP contribution in [0, 0.1) is 6.92 Å². The number of nitrogens with zero attached hydrogens (tertiary/aromatic N) is 2. The lowest BCUT2D eigenvalue weighted by molar-refractivity contribution is 1.22. The van der Waals surface area contributed by atoms with Gasteiger partial charge in [0.2, 0.25) is 0 Å². The average Bonchev–Trinajstić information content (AvgIpc) is 2.76. The molecule has 0 aliphatic rings. The Labute approximate surface area is 122 Å². The van der Waals surface area contributed by atoms with Gasteiger partial charge in [0.15, 0.2) is 5.82 Å². The first-order valence-corrected chi connectivity index (χ1v) is 7.42. The molecule has 0 bridgehead atoms. The molecular weight excluding hydrogens is 332 g/mol. The van der Waals surface area contributed by atoms with Crippen molar-refractivity contribution < 1.29 is 0 Å². The number of benzene rings is 1. The number of hydrogen-bond acceptors (Lipinski definition) is 3. The summed E-state index contributed by atoms with van der Waals surface area (Å²) < 4.78 is 0.972. The molecule has 0 saturated heterocycles. The minimum absolute atomic E-state index is 0.488. The normalized spacial score (nSPS) is 11.1. The van der Waals surface area contributed by atoms with Crippen LogP contribution in [0.5, 0.6) is 0 Å². The molecule has 0 aliphatic carbocycles. The van der Waals surface area contributed by atoms with Crippen LogP contribution in [-0.2, 0) is 0 Å². The van der Waals surface area contributed by atoms with Gasteiger partial charge < -0.3 is 0 Å². The summed E-state index contributed by atoms with van der Waals surface area (Å²) in [6, 6.07) is 5.83. The lowest BCUT2D eigenvalue weighted by Crippen LogP contribution is -1.92. The van der Waals surface area contributed by atoms with E-state index in [-0.39, 0.29) is 0 Å². The highest BCUT2D eigenvalue weighted by molar-refractivity contribution is 9.10. The quantitative estimate of drug-likeness (QED) is 0.578. The second-order valence-corrected chi connectivity index (χ2v) is 5.99. The van der Waals surface area contributed by atoms with Crippen molar-refractivity contribution in [3.8, 4) is 11.4 Å². The smallest absolute Gasteiger partial charge is 0.162 e. The zero-order valence-electron chi connectivity index (χ0n) is 9.45. The topological polar surface area (TPSA) is 25.8 Å². The third-order valence-electron chi connectivity index (χ3n) is 2.71. The summed E-state index contributed by atoms with van der Waals surface area (Å²) in [5.74, 6) is 0.688. The lowest BCUT2D eigenvalue weighted by atomic mass is 10.2. The number of halogens is 2. The molecule has 0 N–H and O–H groups in total. The van der Waals surface area contributed by atoms with E-state index in [0.717, 1.165) is 20.9 Å². The van der Waals surface area contributed by atoms with Gasteiger partial charge in [0.05, 0.1) is 5.52 Å². The molecular formula is C13H8BrClN2S. The van der Waals surface area contributed by atoms with Crippen LogP contribution in [0.15, 0.2) is 33.4 Å². The summed E-state index contributed by atoms with van der Waals surface area (Å²) in [7, 11) is 0. The summed E-state index contributed by atoms with van der Waals surface area (Å²) in [6.45, 7) is 2.05. The van der Waals surface area contributed by atoms with Crippen LogP contribution >= 0.6 is 38.9 Å². The van der Waals surface area contributed by atoms with E-state index >= 15 is 0 Å². The van der Waals surface area contributed by atoms with E-state index in [9.17, 15) is 0 Å². The lowest BCUT2D eigenvalue weighted by Gasteiger charge is -2.04. The molecule has 0 atom stereocenters. The molecule has 90 valence electrons. The highest BCUT2D eigenvalue weighted by Gasteiger charge is 2.10. The molecule has 3 rings (SSSR count). The molecule has 3 aromatic rings. The summed E-state index contributed by atoms with van der Waals surface area (Å²) >= 11 is 11.3. The average molecular weight is 340 g/mol. The van der Waals surface area contributed by atoms with Crippen LogP contribution in [0.1, 0.15) is 5.56 Å². The maximum Gasteiger partial charge on any atom is 0.162 e. The molecule has 0 unspecified atom stereocenters. The summed E-state index contributed by atoms with van der Waals surface area (Å²) in [5, 5.41) is 5.48. The van der Waals surface area contributed by atoms with Crippen molar-refractivity contribution >= 4 is 49.8 Å². The van der Waals surface area contributed by atoms with Crippen molar-refractivity contribution in [1.29, 1.82) is 0 Å². The molecule has 0 fully saturated rings. The molecule has 2 heterocycles. The van der Waals surface area contributed by atoms with Gasteiger partial charge in [-0.1, -0.05) is 27.5 Å². The zero-order chi connectivity index (χ0) is 12.7. The highest BCUT2D eigenvalue weighted by atomic mass is 79.9. The molecule has 0 spiro atoms. The first-order chi connectivity index (χ1) is 8.65. The van der Waals surface area contributed by atoms with E-state index in [0.29, 0.717) is 11.0 Å². The minimum atomic E-state index is 0.488. The van der Waals surface area contributed by atoms with E-state index in [1.54, 1.807) is 11.3 Å². The van der Waals surface area contributed by atoms with Crippen LogP contribution < -0.4 is 0 Å². The fourth-order valence-electron chi connectivity index (χ4n) is 1.77. The van der Waals surface area contributed by atoms with E-state index in [4.69, 9.17) is 11.6 Å². The monoisotopic (exact) mass is 338 g/mol. The number of rotatable bonds is 1. The SMILES string of the molecule is Cc1cscc1-c1nc(Cl)c2cc(Br)ccc2n1. The number of thiophene rings is 1. The summed E-state index contributed by atoms with van der Waals surface area (Å²) in [5.41, 5.74) is 3.08. The third kappa shape index (κ3) is 2.05. The molecule has 0 amide bonds. The predicted molar refractivity (Wildman–Crippen MR) is 80.3 cm³/mol. The van der Waals surface area contributed by atoms with E-state index < -0.39 is 0 Å². The largest absolute Gasteiger partial charge is 0.228 e. The predicted octanol–water partition coefficient (Wildman–Crippen LogP) is 5.08. The Balaban J connectivity index is 2.28. The molecule has 0 saturated carbocycles. The van der Waals surface area contributed by atoms with E-state index in [1.165, 1.54) is 5.56 Å². The molecule has 0 radical (unpaired) electrons. The van der Waals surface area contributed by atoms with Gasteiger partial charge in [0.1, 0.15) is 5.15 Å². The Bertz CT molecular complexity index is 739. The van der Waals surface area contributed by atoms with Crippen LogP contribution in [0.25, 0.3) is 22.3 Å². The van der Waals surface area contributed by atoms with Gasteiger partial charge in [-0.05, 0) is 36.1 Å². The Hall–Kier alpha value is -0.970. The van der Waals surface area contributed by atoms with Crippen LogP contribution in [0.3, 0.4) is 0 Å². The van der Waals surface area contributed by atoms with Crippen LogP contribution in [0.2, 0.25) is 5.15 Å². The highest BCUT2D eigenvalue weighted by Crippen LogP contribution is 2.29. The van der Waals surface area contributed by atoms with Gasteiger partial charge in [-0.25, -0.2) is 9.97 Å². The van der Waals surface area contributed by atoms with Crippen molar-refractivity contribution in [3.05, 3.63) is 44.1 Å². The maximum absolute atomic E-state index is 6.23. The first kappa shape index (κ1) is 12.1. The van der Waals surface area contributed by atoms with Gasteiger partial charge in [-0.3, -0.25) is 0 Å². The molecule has 2 nitrogen and oxygen atoms in total. The Morgan fingerprint density at radius 2 is 2.06 bits per heavy atom. The van der Waals surface area contributed by atoms with Gasteiger partial charge in [0, 0.05) is 20.8 Å². The Morgan fingerprint density at radius 1 is 1.22 bits per heavy atom. The number of hydrogen-bond donors (Lipinski definition) is 0. The molecule has 0 aliphatic heterocycles. The molecule has 18 heavy (non-hydrogen) atoms. The van der Waals surface area contributed by atoms with Crippen molar-refractivity contribution in [2.45, 2.75) is 6.92 Å². The maximum atomic E-state index is 6.23. The van der Waals surface area contributed by atoms with Crippen molar-refractivity contribution in [2.24, 2.45) is 0 Å². The summed E-state index contributed by atoms with van der Waals surface area (Å²) in [6.07, 6.45) is 0. The first-order valence-electron chi connectivity index (χ1n) is 5.31. The second-order valence-electron chi connectivity index (χ2n) is 3.97. The number of aryl methyl sites for hydroxylation is 1. The van der Waals surface area contributed by atoms with Crippen molar-refractivity contribution in [1.82, 2.24) is 9.97 Å². The van der Waals surface area contributed by atoms with E-state index in [2.05, 4.69) is 38.2 Å². The third-order valence-corrected chi connectivity index (χ3v) is 4.35. The second kappa shape index (κ2) is 4.61. The van der Waals surface area contributed by atoms with Crippen LogP contribution in [0.4, 0.5) is 0 Å². The Kier molecular flexibility index (Phi) is 3.09. The van der Waals surface area contributed by atoms with E-state index in [1.807, 2.05) is 23.6 Å². The van der Waals surface area contributed by atoms with Gasteiger partial charge in [-0.2, -0.15) is 11.3 Å².